The van der Waals surface area contributed by atoms with Crippen molar-refractivity contribution < 1.29 is 0 Å². The Kier molecular flexibility index (Phi) is 6.29. The molecule has 1 rings (SSSR count). The van der Waals surface area contributed by atoms with Crippen LogP contribution >= 0.6 is 0 Å². The first-order chi connectivity index (χ1) is 6.83. The lowest BCUT2D eigenvalue weighted by Gasteiger charge is -2.20. The summed E-state index contributed by atoms with van der Waals surface area (Å²) in [6.45, 7) is 2.86. The lowest BCUT2D eigenvalue weighted by molar-refractivity contribution is 0.496. The molecule has 1 aliphatic carbocycles. The van der Waals surface area contributed by atoms with Crippen LogP contribution in [0.4, 0.5) is 0 Å². The van der Waals surface area contributed by atoms with Crippen LogP contribution in [0.1, 0.15) is 51.9 Å². The topological polar surface area (TPSA) is 38.0 Å². The van der Waals surface area contributed by atoms with Crippen molar-refractivity contribution in [3.05, 3.63) is 0 Å². The highest BCUT2D eigenvalue weighted by Crippen LogP contribution is 2.25. The molecule has 1 unspecified atom stereocenters. The lowest BCUT2D eigenvalue weighted by Crippen LogP contribution is -2.37. The first-order valence-electron chi connectivity index (χ1n) is 6.12. The smallest absolute Gasteiger partial charge is 0.209 e. The van der Waals surface area contributed by atoms with E-state index in [1.54, 1.807) is 0 Å². The Labute approximate surface area is 89.3 Å². The number of nitrogens with two attached hydrogens (primary N) is 1. The quantitative estimate of drug-likeness (QED) is 0.674. The van der Waals surface area contributed by atoms with E-state index >= 15 is 0 Å². The van der Waals surface area contributed by atoms with Crippen LogP contribution in [0.3, 0.4) is 0 Å². The zero-order valence-corrected chi connectivity index (χ0v) is 9.47. The molecule has 14 heavy (non-hydrogen) atoms. The largest absolute Gasteiger partial charge is 0.357 e. The van der Waals surface area contributed by atoms with Crippen LogP contribution in [-0.4, -0.2) is 20.0 Å². The Morgan fingerprint density at radius 1 is 1.21 bits per heavy atom. The molecule has 0 bridgehead atoms. The lowest BCUT2D eigenvalue weighted by atomic mass is 9.68. The summed E-state index contributed by atoms with van der Waals surface area (Å²) >= 11 is 0. The molecule has 3 N–H and O–H groups in total. The van der Waals surface area contributed by atoms with E-state index in [1.165, 1.54) is 44.9 Å². The molecule has 0 heterocycles. The number of hydrogen-bond acceptors (Lipinski definition) is 2. The summed E-state index contributed by atoms with van der Waals surface area (Å²) in [7, 11) is 2.29. The van der Waals surface area contributed by atoms with Crippen LogP contribution in [-0.2, 0) is 0 Å². The molecule has 1 radical (unpaired) electrons. The highest BCUT2D eigenvalue weighted by atomic mass is 14.8. The summed E-state index contributed by atoms with van der Waals surface area (Å²) in [6.07, 6.45) is 9.83. The molecule has 0 aromatic rings. The van der Waals surface area contributed by atoms with Gasteiger partial charge in [-0.3, -0.25) is 0 Å². The third-order valence-electron chi connectivity index (χ3n) is 3.12. The first-order valence-corrected chi connectivity index (χ1v) is 6.12. The van der Waals surface area contributed by atoms with E-state index in [1.807, 2.05) is 0 Å². The average molecular weight is 195 g/mol. The molecule has 0 spiro atoms. The van der Waals surface area contributed by atoms with Crippen molar-refractivity contribution in [2.24, 2.45) is 5.73 Å². The van der Waals surface area contributed by atoms with Gasteiger partial charge in [-0.2, -0.15) is 0 Å². The molecule has 1 atom stereocenters. The van der Waals surface area contributed by atoms with Gasteiger partial charge in [0.2, 0.25) is 7.41 Å². The van der Waals surface area contributed by atoms with E-state index < -0.39 is 0 Å². The van der Waals surface area contributed by atoms with E-state index in [2.05, 4.69) is 19.6 Å². The van der Waals surface area contributed by atoms with Gasteiger partial charge in [0.1, 0.15) is 0 Å². The molecule has 1 fully saturated rings. The zero-order chi connectivity index (χ0) is 10.2. The van der Waals surface area contributed by atoms with E-state index in [0.717, 1.165) is 12.4 Å². The minimum Gasteiger partial charge on any atom is -0.357 e. The average Bonchev–Trinajstić information content (AvgIpc) is 2.15. The van der Waals surface area contributed by atoms with E-state index in [4.69, 9.17) is 5.73 Å². The van der Waals surface area contributed by atoms with Gasteiger partial charge in [-0.05, 0) is 6.92 Å². The third-order valence-corrected chi connectivity index (χ3v) is 3.12. The maximum absolute atomic E-state index is 5.56. The van der Waals surface area contributed by atoms with Crippen LogP contribution < -0.4 is 11.0 Å². The molecule has 0 amide bonds. The second-order valence-electron chi connectivity index (χ2n) is 4.58. The first kappa shape index (κ1) is 12.1. The van der Waals surface area contributed by atoms with Crippen LogP contribution in [0.5, 0.6) is 0 Å². The highest BCUT2D eigenvalue weighted by molar-refractivity contribution is 6.34. The van der Waals surface area contributed by atoms with E-state index in [0.29, 0.717) is 6.04 Å². The van der Waals surface area contributed by atoms with Crippen LogP contribution in [0.25, 0.3) is 0 Å². The van der Waals surface area contributed by atoms with E-state index in [-0.39, 0.29) is 0 Å². The van der Waals surface area contributed by atoms with Crippen LogP contribution in [0.2, 0.25) is 5.82 Å². The monoisotopic (exact) mass is 195 g/mol. The van der Waals surface area contributed by atoms with Gasteiger partial charge in [0.05, 0.1) is 0 Å². The molecule has 2 nitrogen and oxygen atoms in total. The molecule has 0 aromatic heterocycles. The molecule has 1 aliphatic rings. The molecular formula is C11H24BN2. The van der Waals surface area contributed by atoms with Gasteiger partial charge in [-0.1, -0.05) is 50.8 Å². The fourth-order valence-electron chi connectivity index (χ4n) is 2.02. The molecule has 81 valence electrons. The predicted molar refractivity (Wildman–Crippen MR) is 63.5 cm³/mol. The van der Waals surface area contributed by atoms with Gasteiger partial charge in [0.15, 0.2) is 0 Å². The number of nitrogens with one attached hydrogen (secondary N) is 1. The van der Waals surface area contributed by atoms with Crippen molar-refractivity contribution in [2.45, 2.75) is 63.7 Å². The highest BCUT2D eigenvalue weighted by Gasteiger charge is 2.13. The summed E-state index contributed by atoms with van der Waals surface area (Å²) in [4.78, 5) is 0. The Bertz CT molecular complexity index is 133. The fourth-order valence-corrected chi connectivity index (χ4v) is 2.02. The molecule has 0 aliphatic heterocycles. The Hall–Kier alpha value is -0.0151. The SMILES string of the molecule is CC(CN)N[B]C1CCCCCCC1. The van der Waals surface area contributed by atoms with Gasteiger partial charge in [0.25, 0.3) is 0 Å². The van der Waals surface area contributed by atoms with Crippen molar-refractivity contribution in [1.29, 1.82) is 0 Å². The Balaban J connectivity index is 2.13. The van der Waals surface area contributed by atoms with Crippen LogP contribution in [0.15, 0.2) is 0 Å². The minimum atomic E-state index is 0.431. The van der Waals surface area contributed by atoms with Gasteiger partial charge in [0, 0.05) is 12.6 Å². The van der Waals surface area contributed by atoms with Crippen molar-refractivity contribution in [1.82, 2.24) is 5.23 Å². The summed E-state index contributed by atoms with van der Waals surface area (Å²) in [5.74, 6) is 0.782. The van der Waals surface area contributed by atoms with Crippen molar-refractivity contribution >= 4 is 7.41 Å². The summed E-state index contributed by atoms with van der Waals surface area (Å²) < 4.78 is 0. The maximum atomic E-state index is 5.56. The summed E-state index contributed by atoms with van der Waals surface area (Å²) in [5, 5.41) is 3.40. The molecule has 1 saturated carbocycles. The molecule has 0 aromatic carbocycles. The van der Waals surface area contributed by atoms with Crippen molar-refractivity contribution in [3.8, 4) is 0 Å². The molecule has 3 heteroatoms. The predicted octanol–water partition coefficient (Wildman–Crippen LogP) is 2.08. The van der Waals surface area contributed by atoms with Crippen LogP contribution in [0, 0.1) is 0 Å². The molecular weight excluding hydrogens is 171 g/mol. The normalized spacial score (nSPS) is 22.4. The van der Waals surface area contributed by atoms with Gasteiger partial charge in [-0.25, -0.2) is 0 Å². The number of hydrogen-bond donors (Lipinski definition) is 2. The maximum Gasteiger partial charge on any atom is 0.209 e. The third kappa shape index (κ3) is 5.01. The van der Waals surface area contributed by atoms with Gasteiger partial charge >= 0.3 is 0 Å². The zero-order valence-electron chi connectivity index (χ0n) is 9.47. The number of rotatable bonds is 4. The van der Waals surface area contributed by atoms with E-state index in [9.17, 15) is 0 Å². The minimum absolute atomic E-state index is 0.431. The van der Waals surface area contributed by atoms with Crippen molar-refractivity contribution in [3.63, 3.8) is 0 Å². The van der Waals surface area contributed by atoms with Gasteiger partial charge < -0.3 is 11.0 Å². The second kappa shape index (κ2) is 7.30. The Morgan fingerprint density at radius 3 is 2.36 bits per heavy atom. The summed E-state index contributed by atoms with van der Waals surface area (Å²) in [6, 6.07) is 0.431. The second-order valence-corrected chi connectivity index (χ2v) is 4.58. The van der Waals surface area contributed by atoms with Crippen molar-refractivity contribution in [2.75, 3.05) is 6.54 Å². The molecule has 0 saturated heterocycles. The fraction of sp³-hybridized carbons (Fsp3) is 1.00. The standard InChI is InChI=1S/C11H24BN2/c1-10(9-13)14-12-11-7-5-3-2-4-6-8-11/h10-11,14H,2-9,13H2,1H3. The summed E-state index contributed by atoms with van der Waals surface area (Å²) in [5.41, 5.74) is 5.56. The van der Waals surface area contributed by atoms with Gasteiger partial charge in [-0.15, -0.1) is 0 Å². The Morgan fingerprint density at radius 2 is 1.79 bits per heavy atom.